The first kappa shape index (κ1) is 16.1. The lowest BCUT2D eigenvalue weighted by molar-refractivity contribution is -0.116. The molecule has 0 bridgehead atoms. The second-order valence-corrected chi connectivity index (χ2v) is 6.23. The van der Waals surface area contributed by atoms with Gasteiger partial charge in [-0.25, -0.2) is 15.0 Å². The van der Waals surface area contributed by atoms with Gasteiger partial charge in [-0.05, 0) is 11.4 Å². The van der Waals surface area contributed by atoms with Crippen molar-refractivity contribution in [1.29, 1.82) is 0 Å². The Morgan fingerprint density at radius 1 is 1.33 bits per heavy atom. The Hall–Kier alpha value is -2.81. The molecule has 3 heterocycles. The minimum atomic E-state index is -0.226. The molecule has 1 amide bonds. The number of anilines is 2. The van der Waals surface area contributed by atoms with E-state index in [9.17, 15) is 9.59 Å². The topological polar surface area (TPSA) is 93.0 Å². The number of hydrogen-bond donors (Lipinski definition) is 1. The van der Waals surface area contributed by atoms with Gasteiger partial charge in [-0.15, -0.1) is 11.3 Å². The van der Waals surface area contributed by atoms with Gasteiger partial charge in [0.25, 0.3) is 5.56 Å². The number of hydrogen-bond acceptors (Lipinski definition) is 7. The first-order valence-electron chi connectivity index (χ1n) is 7.26. The van der Waals surface area contributed by atoms with Crippen LogP contribution in [-0.4, -0.2) is 39.5 Å². The average Bonchev–Trinajstić information content (AvgIpc) is 3.04. The predicted octanol–water partition coefficient (Wildman–Crippen LogP) is 1.34. The molecule has 0 fully saturated rings. The SMILES string of the molecule is CN(C)c1cc(NC(=O)CCn2cnc3sccc3c2=O)ncn1. The number of carbonyl (C=O) groups excluding carboxylic acids is 1. The van der Waals surface area contributed by atoms with E-state index in [0.29, 0.717) is 21.9 Å². The summed E-state index contributed by atoms with van der Waals surface area (Å²) >= 11 is 1.42. The largest absolute Gasteiger partial charge is 0.363 e. The number of fused-ring (bicyclic) bond motifs is 1. The minimum absolute atomic E-state index is 0.133. The molecule has 24 heavy (non-hydrogen) atoms. The van der Waals surface area contributed by atoms with Gasteiger partial charge in [0.1, 0.15) is 22.8 Å². The molecule has 1 N–H and O–H groups in total. The Bertz CT molecular complexity index is 933. The Kier molecular flexibility index (Phi) is 4.52. The molecular weight excluding hydrogens is 328 g/mol. The van der Waals surface area contributed by atoms with Gasteiger partial charge >= 0.3 is 0 Å². The summed E-state index contributed by atoms with van der Waals surface area (Å²) in [5.74, 6) is 0.900. The summed E-state index contributed by atoms with van der Waals surface area (Å²) in [7, 11) is 3.71. The van der Waals surface area contributed by atoms with Crippen molar-refractivity contribution in [2.75, 3.05) is 24.3 Å². The average molecular weight is 344 g/mol. The maximum absolute atomic E-state index is 12.3. The number of nitrogens with one attached hydrogen (secondary N) is 1. The van der Waals surface area contributed by atoms with Crippen molar-refractivity contribution in [2.24, 2.45) is 0 Å². The van der Waals surface area contributed by atoms with Crippen LogP contribution in [0.2, 0.25) is 0 Å². The second-order valence-electron chi connectivity index (χ2n) is 5.34. The number of aromatic nitrogens is 4. The highest BCUT2D eigenvalue weighted by Gasteiger charge is 2.09. The molecule has 0 aliphatic rings. The standard InChI is InChI=1S/C15H16N6O2S/c1-20(2)12-7-11(16-8-17-12)19-13(22)3-5-21-9-18-14-10(15(21)23)4-6-24-14/h4,6-9H,3,5H2,1-2H3,(H,16,17,19,22). The Morgan fingerprint density at radius 3 is 2.96 bits per heavy atom. The molecule has 0 unspecified atom stereocenters. The zero-order valence-corrected chi connectivity index (χ0v) is 14.1. The predicted molar refractivity (Wildman–Crippen MR) is 93.5 cm³/mol. The fourth-order valence-corrected chi connectivity index (χ4v) is 2.86. The molecule has 0 radical (unpaired) electrons. The molecule has 3 aromatic heterocycles. The fourth-order valence-electron chi connectivity index (χ4n) is 2.14. The molecular formula is C15H16N6O2S. The first-order valence-corrected chi connectivity index (χ1v) is 8.14. The number of rotatable bonds is 5. The molecule has 0 saturated carbocycles. The molecule has 9 heteroatoms. The molecule has 0 aliphatic carbocycles. The van der Waals surface area contributed by atoms with E-state index in [1.165, 1.54) is 28.6 Å². The molecule has 0 aliphatic heterocycles. The lowest BCUT2D eigenvalue weighted by Crippen LogP contribution is -2.23. The summed E-state index contributed by atoms with van der Waals surface area (Å²) < 4.78 is 1.44. The van der Waals surface area contributed by atoms with Crippen LogP contribution in [0.25, 0.3) is 10.2 Å². The Morgan fingerprint density at radius 2 is 2.17 bits per heavy atom. The Balaban J connectivity index is 1.65. The van der Waals surface area contributed by atoms with Crippen LogP contribution in [0.5, 0.6) is 0 Å². The first-order chi connectivity index (χ1) is 11.5. The molecule has 3 aromatic rings. The van der Waals surface area contributed by atoms with E-state index < -0.39 is 0 Å². The van der Waals surface area contributed by atoms with Crippen LogP contribution in [-0.2, 0) is 11.3 Å². The summed E-state index contributed by atoms with van der Waals surface area (Å²) in [6.07, 6.45) is 3.02. The van der Waals surface area contributed by atoms with Crippen LogP contribution in [0.3, 0.4) is 0 Å². The van der Waals surface area contributed by atoms with Gasteiger partial charge in [0.2, 0.25) is 5.91 Å². The smallest absolute Gasteiger partial charge is 0.262 e. The summed E-state index contributed by atoms with van der Waals surface area (Å²) in [6.45, 7) is 0.259. The van der Waals surface area contributed by atoms with Crippen molar-refractivity contribution in [1.82, 2.24) is 19.5 Å². The van der Waals surface area contributed by atoms with E-state index in [1.54, 1.807) is 12.1 Å². The molecule has 8 nitrogen and oxygen atoms in total. The monoisotopic (exact) mass is 344 g/mol. The second kappa shape index (κ2) is 6.75. The normalized spacial score (nSPS) is 10.8. The van der Waals surface area contributed by atoms with Gasteiger partial charge in [-0.3, -0.25) is 14.2 Å². The third kappa shape index (κ3) is 3.40. The highest BCUT2D eigenvalue weighted by atomic mass is 32.1. The van der Waals surface area contributed by atoms with Gasteiger partial charge in [-0.1, -0.05) is 0 Å². The number of carbonyl (C=O) groups is 1. The van der Waals surface area contributed by atoms with E-state index in [-0.39, 0.29) is 24.4 Å². The highest BCUT2D eigenvalue weighted by Crippen LogP contribution is 2.14. The molecule has 0 saturated heterocycles. The van der Waals surface area contributed by atoms with Gasteiger partial charge in [0.05, 0.1) is 11.7 Å². The molecule has 0 atom stereocenters. The van der Waals surface area contributed by atoms with Crippen molar-refractivity contribution < 1.29 is 4.79 Å². The van der Waals surface area contributed by atoms with Crippen LogP contribution in [0.4, 0.5) is 11.6 Å². The van der Waals surface area contributed by atoms with Crippen LogP contribution in [0, 0.1) is 0 Å². The van der Waals surface area contributed by atoms with E-state index in [1.807, 2.05) is 24.4 Å². The molecule has 0 aromatic carbocycles. The lowest BCUT2D eigenvalue weighted by atomic mass is 10.3. The van der Waals surface area contributed by atoms with Gasteiger partial charge in [0.15, 0.2) is 0 Å². The fraction of sp³-hybridized carbons (Fsp3) is 0.267. The quantitative estimate of drug-likeness (QED) is 0.751. The van der Waals surface area contributed by atoms with Crippen LogP contribution in [0.1, 0.15) is 6.42 Å². The van der Waals surface area contributed by atoms with Crippen molar-refractivity contribution in [2.45, 2.75) is 13.0 Å². The minimum Gasteiger partial charge on any atom is -0.363 e. The molecule has 3 rings (SSSR count). The summed E-state index contributed by atoms with van der Waals surface area (Å²) in [5, 5.41) is 5.11. The van der Waals surface area contributed by atoms with Gasteiger partial charge in [0, 0.05) is 33.1 Å². The number of thiophene rings is 1. The molecule has 0 spiro atoms. The zero-order valence-electron chi connectivity index (χ0n) is 13.3. The number of aryl methyl sites for hydroxylation is 1. The zero-order chi connectivity index (χ0) is 17.1. The van der Waals surface area contributed by atoms with E-state index >= 15 is 0 Å². The van der Waals surface area contributed by atoms with Gasteiger partial charge < -0.3 is 10.2 Å². The number of nitrogens with zero attached hydrogens (tertiary/aromatic N) is 5. The summed E-state index contributed by atoms with van der Waals surface area (Å²) in [6, 6.07) is 3.43. The van der Waals surface area contributed by atoms with Crippen molar-refractivity contribution >= 4 is 39.1 Å². The Labute approximate surface area is 141 Å². The number of amides is 1. The van der Waals surface area contributed by atoms with Crippen LogP contribution in [0.15, 0.2) is 35.0 Å². The maximum Gasteiger partial charge on any atom is 0.262 e. The third-order valence-corrected chi connectivity index (χ3v) is 4.23. The summed E-state index contributed by atoms with van der Waals surface area (Å²) in [4.78, 5) is 39.2. The lowest BCUT2D eigenvalue weighted by Gasteiger charge is -2.12. The summed E-state index contributed by atoms with van der Waals surface area (Å²) in [5.41, 5.74) is -0.133. The van der Waals surface area contributed by atoms with Crippen LogP contribution < -0.4 is 15.8 Å². The van der Waals surface area contributed by atoms with Crippen LogP contribution >= 0.6 is 11.3 Å². The molecule has 124 valence electrons. The maximum atomic E-state index is 12.3. The van der Waals surface area contributed by atoms with Gasteiger partial charge in [-0.2, -0.15) is 0 Å². The van der Waals surface area contributed by atoms with Crippen molar-refractivity contribution in [3.8, 4) is 0 Å². The highest BCUT2D eigenvalue weighted by molar-refractivity contribution is 7.16. The van der Waals surface area contributed by atoms with E-state index in [2.05, 4.69) is 20.3 Å². The van der Waals surface area contributed by atoms with Crippen molar-refractivity contribution in [3.63, 3.8) is 0 Å². The van der Waals surface area contributed by atoms with Crippen molar-refractivity contribution in [3.05, 3.63) is 40.5 Å². The van der Waals surface area contributed by atoms with E-state index in [4.69, 9.17) is 0 Å². The third-order valence-electron chi connectivity index (χ3n) is 3.41. The van der Waals surface area contributed by atoms with E-state index in [0.717, 1.165) is 0 Å².